The number of hydrogen-bond acceptors (Lipinski definition) is 7. The Morgan fingerprint density at radius 1 is 0.735 bits per heavy atom. The second-order valence-electron chi connectivity index (χ2n) is 6.71. The van der Waals surface area contributed by atoms with E-state index in [0.717, 1.165) is 12.1 Å². The van der Waals surface area contributed by atoms with Gasteiger partial charge in [-0.3, -0.25) is 0 Å². The van der Waals surface area contributed by atoms with Crippen molar-refractivity contribution >= 4 is 71.0 Å². The summed E-state index contributed by atoms with van der Waals surface area (Å²) in [7, 11) is 0. The fraction of sp³-hybridized carbons (Fsp3) is 0. The van der Waals surface area contributed by atoms with Crippen LogP contribution in [-0.2, 0) is 0 Å². The fourth-order valence-electron chi connectivity index (χ4n) is 2.88. The van der Waals surface area contributed by atoms with Crippen LogP contribution in [0.15, 0.2) is 64.8 Å². The van der Waals surface area contributed by atoms with Gasteiger partial charge in [-0.25, -0.2) is 14.4 Å². The minimum atomic E-state index is -1.45. The van der Waals surface area contributed by atoms with Gasteiger partial charge in [-0.05, 0) is 41.5 Å². The van der Waals surface area contributed by atoms with Crippen LogP contribution in [0.3, 0.4) is 0 Å². The zero-order valence-electron chi connectivity index (χ0n) is 17.7. The summed E-state index contributed by atoms with van der Waals surface area (Å²) in [5.74, 6) is -4.88. The predicted octanol–water partition coefficient (Wildman–Crippen LogP) is 4.40. The third kappa shape index (κ3) is 6.29. The maximum absolute atomic E-state index is 11.7. The van der Waals surface area contributed by atoms with Gasteiger partial charge in [0.05, 0.1) is 22.4 Å². The van der Waals surface area contributed by atoms with Gasteiger partial charge in [-0.1, -0.05) is 30.4 Å². The Morgan fingerprint density at radius 2 is 1.44 bits per heavy atom. The van der Waals surface area contributed by atoms with E-state index in [1.807, 2.05) is 0 Å². The summed E-state index contributed by atoms with van der Waals surface area (Å²) in [4.78, 5) is 34.1. The van der Waals surface area contributed by atoms with Crippen molar-refractivity contribution in [3.8, 4) is 11.5 Å². The number of phenolic OH excluding ortho intramolecular Hbond substituents is 2. The van der Waals surface area contributed by atoms with Crippen LogP contribution < -0.4 is 0 Å². The SMILES string of the molecule is O=C(O)c1cccc(/C=C/c2ccc(N=Nc3c(O)cc(O)cc3C(=O)O)cc2C(=O)O)c1.[Na]. The van der Waals surface area contributed by atoms with Gasteiger partial charge < -0.3 is 25.5 Å². The maximum Gasteiger partial charge on any atom is 0.338 e. The van der Waals surface area contributed by atoms with Crippen LogP contribution in [0.4, 0.5) is 11.4 Å². The Kier molecular flexibility index (Phi) is 8.68. The van der Waals surface area contributed by atoms with Crippen LogP contribution in [0.5, 0.6) is 11.5 Å². The van der Waals surface area contributed by atoms with Crippen molar-refractivity contribution in [3.63, 3.8) is 0 Å². The van der Waals surface area contributed by atoms with Crippen molar-refractivity contribution < 1.29 is 39.9 Å². The van der Waals surface area contributed by atoms with Crippen molar-refractivity contribution in [1.82, 2.24) is 0 Å². The van der Waals surface area contributed by atoms with Crippen molar-refractivity contribution in [3.05, 3.63) is 82.4 Å². The molecule has 0 spiro atoms. The molecule has 11 heteroatoms. The quantitative estimate of drug-likeness (QED) is 0.191. The number of nitrogens with zero attached hydrogens (tertiary/aromatic N) is 2. The second-order valence-corrected chi connectivity index (χ2v) is 6.71. The van der Waals surface area contributed by atoms with E-state index in [4.69, 9.17) is 5.11 Å². The van der Waals surface area contributed by atoms with Gasteiger partial charge in [0.1, 0.15) is 17.2 Å². The first-order valence-electron chi connectivity index (χ1n) is 9.25. The van der Waals surface area contributed by atoms with E-state index >= 15 is 0 Å². The molecule has 167 valence electrons. The number of carboxylic acids is 3. The number of benzene rings is 3. The molecule has 34 heavy (non-hydrogen) atoms. The summed E-state index contributed by atoms with van der Waals surface area (Å²) < 4.78 is 0. The van der Waals surface area contributed by atoms with Crippen molar-refractivity contribution in [2.75, 3.05) is 0 Å². The monoisotopic (exact) mass is 471 g/mol. The molecule has 0 aromatic heterocycles. The third-order valence-corrected chi connectivity index (χ3v) is 4.43. The van der Waals surface area contributed by atoms with Crippen molar-refractivity contribution in [2.24, 2.45) is 10.2 Å². The van der Waals surface area contributed by atoms with Gasteiger partial charge in [0.2, 0.25) is 0 Å². The molecule has 0 saturated carbocycles. The Balaban J connectivity index is 0.00000408. The normalized spacial score (nSPS) is 10.8. The molecule has 3 aromatic rings. The number of aromatic hydroxyl groups is 2. The van der Waals surface area contributed by atoms with Gasteiger partial charge in [0.15, 0.2) is 0 Å². The molecule has 0 heterocycles. The summed E-state index contributed by atoms with van der Waals surface area (Å²) in [5, 5.41) is 54.7. The average molecular weight is 471 g/mol. The number of aromatic carboxylic acids is 3. The minimum absolute atomic E-state index is 0. The van der Waals surface area contributed by atoms with E-state index in [9.17, 15) is 34.8 Å². The molecular formula is C23H16N2NaO8. The molecule has 10 nitrogen and oxygen atoms in total. The van der Waals surface area contributed by atoms with E-state index in [-0.39, 0.29) is 46.4 Å². The van der Waals surface area contributed by atoms with E-state index in [1.54, 1.807) is 18.2 Å². The molecule has 3 aromatic carbocycles. The molecule has 1 radical (unpaired) electrons. The first-order valence-corrected chi connectivity index (χ1v) is 9.25. The molecule has 3 rings (SSSR count). The number of hydrogen-bond donors (Lipinski definition) is 5. The Morgan fingerprint density at radius 3 is 2.09 bits per heavy atom. The molecule has 0 aliphatic rings. The first-order chi connectivity index (χ1) is 15.7. The predicted molar refractivity (Wildman–Crippen MR) is 122 cm³/mol. The molecule has 0 atom stereocenters. The van der Waals surface area contributed by atoms with Crippen molar-refractivity contribution in [2.45, 2.75) is 0 Å². The first kappa shape index (κ1) is 26.3. The second kappa shape index (κ2) is 11.2. The fourth-order valence-corrected chi connectivity index (χ4v) is 2.88. The number of phenols is 2. The smallest absolute Gasteiger partial charge is 0.338 e. The molecule has 0 bridgehead atoms. The number of azo groups is 1. The summed E-state index contributed by atoms with van der Waals surface area (Å²) in [6.07, 6.45) is 3.06. The third-order valence-electron chi connectivity index (χ3n) is 4.43. The van der Waals surface area contributed by atoms with Gasteiger partial charge >= 0.3 is 17.9 Å². The van der Waals surface area contributed by atoms with Crippen LogP contribution >= 0.6 is 0 Å². The van der Waals surface area contributed by atoms with Gasteiger partial charge in [-0.2, -0.15) is 5.11 Å². The van der Waals surface area contributed by atoms with Crippen LogP contribution in [0.25, 0.3) is 12.2 Å². The van der Waals surface area contributed by atoms with Crippen molar-refractivity contribution in [1.29, 1.82) is 0 Å². The topological polar surface area (TPSA) is 177 Å². The van der Waals surface area contributed by atoms with Crippen LogP contribution in [-0.4, -0.2) is 73.0 Å². The Hall–Kier alpha value is -3.99. The van der Waals surface area contributed by atoms with Crippen LogP contribution in [0.2, 0.25) is 0 Å². The number of carbonyl (C=O) groups is 3. The standard InChI is InChI=1S/C23H16N2O8.Na/c26-16-10-18(23(32)33)20(19(27)11-16)25-24-15-7-6-13(17(9-15)22(30)31)5-4-12-2-1-3-14(8-12)21(28)29;/h1-11,26-27H,(H,28,29)(H,30,31)(H,32,33);/b5-4+,25-24?;. The molecule has 0 amide bonds. The Labute approximate surface area is 214 Å². The number of carboxylic acid groups (broad SMARTS) is 3. The van der Waals surface area contributed by atoms with E-state index in [2.05, 4.69) is 10.2 Å². The number of rotatable bonds is 7. The molecule has 5 N–H and O–H groups in total. The van der Waals surface area contributed by atoms with Gasteiger partial charge in [-0.15, -0.1) is 5.11 Å². The van der Waals surface area contributed by atoms with Gasteiger partial charge in [0.25, 0.3) is 0 Å². The molecule has 0 aliphatic heterocycles. The summed E-state index contributed by atoms with van der Waals surface area (Å²) in [5.41, 5.74) is -0.00602. The zero-order valence-corrected chi connectivity index (χ0v) is 19.7. The summed E-state index contributed by atoms with van der Waals surface area (Å²) in [6, 6.07) is 12.0. The molecule has 0 saturated heterocycles. The van der Waals surface area contributed by atoms with Gasteiger partial charge in [0, 0.05) is 35.6 Å². The largest absolute Gasteiger partial charge is 0.508 e. The Bertz CT molecular complexity index is 1330. The maximum atomic E-state index is 11.7. The van der Waals surface area contributed by atoms with E-state index < -0.39 is 40.7 Å². The zero-order chi connectivity index (χ0) is 24.1. The summed E-state index contributed by atoms with van der Waals surface area (Å²) in [6.45, 7) is 0. The van der Waals surface area contributed by atoms with Crippen LogP contribution in [0, 0.1) is 0 Å². The average Bonchev–Trinajstić information content (AvgIpc) is 2.76. The summed E-state index contributed by atoms with van der Waals surface area (Å²) >= 11 is 0. The molecule has 0 unspecified atom stereocenters. The van der Waals surface area contributed by atoms with E-state index in [1.165, 1.54) is 36.4 Å². The molecule has 0 fully saturated rings. The minimum Gasteiger partial charge on any atom is -0.508 e. The molecular weight excluding hydrogens is 455 g/mol. The molecule has 0 aliphatic carbocycles. The van der Waals surface area contributed by atoms with Crippen LogP contribution in [0.1, 0.15) is 42.2 Å². The van der Waals surface area contributed by atoms with E-state index in [0.29, 0.717) is 11.1 Å².